The Morgan fingerprint density at radius 3 is 2.35 bits per heavy atom. The first-order valence-corrected chi connectivity index (χ1v) is 8.64. The minimum Gasteiger partial charge on any atom is -0.507 e. The molecular weight excluding hydrogens is 401 g/mol. The summed E-state index contributed by atoms with van der Waals surface area (Å²) in [7, 11) is 0. The number of hydrogen-bond donors (Lipinski definition) is 1. The number of Topliss-reactive ketones (excluding diaryl/α,β-unsaturated/α-hetero) is 1. The van der Waals surface area contributed by atoms with Crippen LogP contribution in [-0.4, -0.2) is 28.2 Å². The second-order valence-corrected chi connectivity index (χ2v) is 6.71. The van der Waals surface area contributed by atoms with Crippen LogP contribution in [0.4, 0.5) is 4.39 Å². The fourth-order valence-corrected chi connectivity index (χ4v) is 3.23. The van der Waals surface area contributed by atoms with E-state index in [9.17, 15) is 19.1 Å². The van der Waals surface area contributed by atoms with Gasteiger partial charge in [-0.05, 0) is 29.8 Å². The van der Waals surface area contributed by atoms with E-state index in [-0.39, 0.29) is 17.9 Å². The number of rotatable bonds is 4. The van der Waals surface area contributed by atoms with Gasteiger partial charge in [-0.15, -0.1) is 6.58 Å². The summed E-state index contributed by atoms with van der Waals surface area (Å²) in [5.74, 6) is -2.20. The van der Waals surface area contributed by atoms with Crippen LogP contribution < -0.4 is 0 Å². The van der Waals surface area contributed by atoms with Gasteiger partial charge in [0.25, 0.3) is 11.7 Å². The van der Waals surface area contributed by atoms with Crippen molar-refractivity contribution in [2.45, 2.75) is 6.04 Å². The molecule has 26 heavy (non-hydrogen) atoms. The zero-order valence-electron chi connectivity index (χ0n) is 13.7. The van der Waals surface area contributed by atoms with Gasteiger partial charge in [-0.1, -0.05) is 46.3 Å². The summed E-state index contributed by atoms with van der Waals surface area (Å²) in [5.41, 5.74) is 0.925. The molecule has 1 atom stereocenters. The van der Waals surface area contributed by atoms with Gasteiger partial charge in [0.2, 0.25) is 0 Å². The number of amides is 1. The molecule has 4 nitrogen and oxygen atoms in total. The van der Waals surface area contributed by atoms with Gasteiger partial charge in [-0.25, -0.2) is 4.39 Å². The van der Waals surface area contributed by atoms with Crippen molar-refractivity contribution in [1.82, 2.24) is 4.90 Å². The first-order valence-electron chi connectivity index (χ1n) is 7.84. The number of likely N-dealkylation sites (tertiary alicyclic amines) is 1. The number of nitrogens with zero attached hydrogens (tertiary/aromatic N) is 1. The molecule has 0 aromatic heterocycles. The zero-order chi connectivity index (χ0) is 18.8. The summed E-state index contributed by atoms with van der Waals surface area (Å²) >= 11 is 3.31. The monoisotopic (exact) mass is 415 g/mol. The minimum atomic E-state index is -0.808. The summed E-state index contributed by atoms with van der Waals surface area (Å²) in [6.45, 7) is 3.74. The molecule has 1 saturated heterocycles. The lowest BCUT2D eigenvalue weighted by atomic mass is 9.95. The highest BCUT2D eigenvalue weighted by atomic mass is 79.9. The van der Waals surface area contributed by atoms with E-state index in [1.807, 2.05) is 0 Å². The highest BCUT2D eigenvalue weighted by Gasteiger charge is 2.45. The maximum atomic E-state index is 13.3. The standard InChI is InChI=1S/C20H15BrFNO3/c1-2-11-23-17(12-5-9-15(22)10-6-12)16(19(25)20(23)26)18(24)13-3-7-14(21)8-4-13/h2-10,17,24H,1,11H2/b18-16-. The maximum absolute atomic E-state index is 13.3. The Labute approximate surface area is 158 Å². The van der Waals surface area contributed by atoms with E-state index in [2.05, 4.69) is 22.5 Å². The third-order valence-corrected chi connectivity index (χ3v) is 4.70. The second-order valence-electron chi connectivity index (χ2n) is 5.80. The molecule has 0 saturated carbocycles. The van der Waals surface area contributed by atoms with E-state index >= 15 is 0 Å². The summed E-state index contributed by atoms with van der Waals surface area (Å²) in [6, 6.07) is 11.4. The Morgan fingerprint density at radius 2 is 1.77 bits per heavy atom. The van der Waals surface area contributed by atoms with Gasteiger partial charge in [-0.3, -0.25) is 9.59 Å². The smallest absolute Gasteiger partial charge is 0.295 e. The predicted octanol–water partition coefficient (Wildman–Crippen LogP) is 4.20. The fourth-order valence-electron chi connectivity index (χ4n) is 2.96. The van der Waals surface area contributed by atoms with Crippen LogP contribution in [0.2, 0.25) is 0 Å². The summed E-state index contributed by atoms with van der Waals surface area (Å²) < 4.78 is 14.1. The Balaban J connectivity index is 2.18. The second kappa shape index (κ2) is 7.25. The van der Waals surface area contributed by atoms with Crippen molar-refractivity contribution in [3.05, 3.63) is 88.2 Å². The first-order chi connectivity index (χ1) is 12.4. The first kappa shape index (κ1) is 18.1. The Morgan fingerprint density at radius 1 is 1.15 bits per heavy atom. The van der Waals surface area contributed by atoms with E-state index in [1.54, 1.807) is 24.3 Å². The number of aliphatic hydroxyl groups excluding tert-OH is 1. The lowest BCUT2D eigenvalue weighted by molar-refractivity contribution is -0.139. The zero-order valence-corrected chi connectivity index (χ0v) is 15.2. The van der Waals surface area contributed by atoms with E-state index in [0.717, 1.165) is 4.47 Å². The van der Waals surface area contributed by atoms with Gasteiger partial charge in [0, 0.05) is 16.6 Å². The van der Waals surface area contributed by atoms with Crippen molar-refractivity contribution in [2.75, 3.05) is 6.54 Å². The van der Waals surface area contributed by atoms with Gasteiger partial charge in [-0.2, -0.15) is 0 Å². The molecule has 3 rings (SSSR count). The maximum Gasteiger partial charge on any atom is 0.295 e. The van der Waals surface area contributed by atoms with Crippen molar-refractivity contribution in [3.63, 3.8) is 0 Å². The summed E-state index contributed by atoms with van der Waals surface area (Å²) in [4.78, 5) is 26.4. The Kier molecular flexibility index (Phi) is 5.04. The number of benzene rings is 2. The van der Waals surface area contributed by atoms with Crippen LogP contribution in [0.25, 0.3) is 5.76 Å². The molecule has 132 valence electrons. The molecule has 1 heterocycles. The molecule has 0 aliphatic carbocycles. The Hall–Kier alpha value is -2.73. The molecule has 2 aromatic carbocycles. The van der Waals surface area contributed by atoms with Crippen LogP contribution in [0, 0.1) is 5.82 Å². The van der Waals surface area contributed by atoms with Crippen molar-refractivity contribution in [1.29, 1.82) is 0 Å². The molecule has 1 unspecified atom stereocenters. The van der Waals surface area contributed by atoms with Crippen LogP contribution >= 0.6 is 15.9 Å². The number of carbonyl (C=O) groups excluding carboxylic acids is 2. The molecule has 1 fully saturated rings. The predicted molar refractivity (Wildman–Crippen MR) is 99.7 cm³/mol. The summed E-state index contributed by atoms with van der Waals surface area (Å²) in [6.07, 6.45) is 1.50. The van der Waals surface area contributed by atoms with E-state index < -0.39 is 23.5 Å². The fraction of sp³-hybridized carbons (Fsp3) is 0.100. The van der Waals surface area contributed by atoms with Gasteiger partial charge < -0.3 is 10.0 Å². The molecule has 1 aliphatic heterocycles. The molecule has 6 heteroatoms. The van der Waals surface area contributed by atoms with E-state index in [0.29, 0.717) is 11.1 Å². The number of ketones is 1. The average molecular weight is 416 g/mol. The third-order valence-electron chi connectivity index (χ3n) is 4.17. The van der Waals surface area contributed by atoms with Gasteiger partial charge >= 0.3 is 0 Å². The van der Waals surface area contributed by atoms with Crippen LogP contribution in [0.5, 0.6) is 0 Å². The lowest BCUT2D eigenvalue weighted by Crippen LogP contribution is -2.29. The van der Waals surface area contributed by atoms with Crippen LogP contribution in [0.1, 0.15) is 17.2 Å². The van der Waals surface area contributed by atoms with E-state index in [1.165, 1.54) is 35.2 Å². The third kappa shape index (κ3) is 3.20. The number of carbonyl (C=O) groups is 2. The Bertz CT molecular complexity index is 904. The van der Waals surface area contributed by atoms with Gasteiger partial charge in [0.05, 0.1) is 11.6 Å². The van der Waals surface area contributed by atoms with Crippen LogP contribution in [-0.2, 0) is 9.59 Å². The van der Waals surface area contributed by atoms with Crippen molar-refractivity contribution in [2.24, 2.45) is 0 Å². The largest absolute Gasteiger partial charge is 0.507 e. The molecule has 0 spiro atoms. The van der Waals surface area contributed by atoms with Crippen LogP contribution in [0.15, 0.2) is 71.2 Å². The minimum absolute atomic E-state index is 0.0224. The molecule has 1 aliphatic rings. The highest BCUT2D eigenvalue weighted by Crippen LogP contribution is 2.39. The lowest BCUT2D eigenvalue weighted by Gasteiger charge is -2.24. The number of hydrogen-bond acceptors (Lipinski definition) is 3. The molecule has 1 N–H and O–H groups in total. The molecule has 0 bridgehead atoms. The number of aliphatic hydroxyl groups is 1. The average Bonchev–Trinajstić information content (AvgIpc) is 2.88. The van der Waals surface area contributed by atoms with Crippen molar-refractivity contribution < 1.29 is 19.1 Å². The molecule has 1 amide bonds. The topological polar surface area (TPSA) is 57.6 Å². The normalized spacial score (nSPS) is 19.0. The van der Waals surface area contributed by atoms with E-state index in [4.69, 9.17) is 0 Å². The highest BCUT2D eigenvalue weighted by molar-refractivity contribution is 9.10. The molecular formula is C20H15BrFNO3. The van der Waals surface area contributed by atoms with Gasteiger partial charge in [0.15, 0.2) is 0 Å². The van der Waals surface area contributed by atoms with Crippen LogP contribution in [0.3, 0.4) is 0 Å². The van der Waals surface area contributed by atoms with Crippen molar-refractivity contribution in [3.8, 4) is 0 Å². The SMILES string of the molecule is C=CCN1C(=O)C(=O)/C(=C(\O)c2ccc(Br)cc2)C1c1ccc(F)cc1. The number of halogens is 2. The quantitative estimate of drug-likeness (QED) is 0.352. The summed E-state index contributed by atoms with van der Waals surface area (Å²) in [5, 5.41) is 10.7. The molecule has 0 radical (unpaired) electrons. The van der Waals surface area contributed by atoms with Crippen molar-refractivity contribution >= 4 is 33.4 Å². The molecule has 2 aromatic rings. The van der Waals surface area contributed by atoms with Gasteiger partial charge in [0.1, 0.15) is 11.6 Å².